The van der Waals surface area contributed by atoms with E-state index in [0.29, 0.717) is 0 Å². The van der Waals surface area contributed by atoms with Gasteiger partial charge >= 0.3 is 0 Å². The molecular formula is C10H20O2. The van der Waals surface area contributed by atoms with Crippen molar-refractivity contribution < 1.29 is 9.47 Å². The highest BCUT2D eigenvalue weighted by atomic mass is 16.6. The Hall–Kier alpha value is -0.340. The van der Waals surface area contributed by atoms with E-state index in [1.54, 1.807) is 0 Å². The number of allylic oxidation sites excluding steroid dienone is 1. The first-order valence-electron chi connectivity index (χ1n) is 4.68. The molecule has 0 aromatic carbocycles. The van der Waals surface area contributed by atoms with Crippen molar-refractivity contribution in [3.63, 3.8) is 0 Å². The molecule has 1 rings (SSSR count). The lowest BCUT2D eigenvalue weighted by Crippen LogP contribution is -2.16. The second-order valence-electron chi connectivity index (χ2n) is 2.66. The first kappa shape index (κ1) is 11.7. The Morgan fingerprint density at radius 1 is 1.17 bits per heavy atom. The number of hydrogen-bond acceptors (Lipinski definition) is 2. The molecule has 2 heteroatoms. The molecule has 72 valence electrons. The van der Waals surface area contributed by atoms with Crippen LogP contribution in [0.15, 0.2) is 12.7 Å². The lowest BCUT2D eigenvalue weighted by atomic mass is 10.3. The van der Waals surface area contributed by atoms with E-state index in [9.17, 15) is 0 Å². The van der Waals surface area contributed by atoms with E-state index in [1.807, 2.05) is 6.08 Å². The lowest BCUT2D eigenvalue weighted by molar-refractivity contribution is -0.0334. The van der Waals surface area contributed by atoms with Crippen molar-refractivity contribution in [3.05, 3.63) is 12.7 Å². The largest absolute Gasteiger partial charge is 0.377 e. The molecule has 0 atom stereocenters. The normalized spacial score (nSPS) is 16.1. The molecule has 0 aliphatic carbocycles. The smallest absolute Gasteiger partial charge is 0.0701 e. The van der Waals surface area contributed by atoms with Crippen molar-refractivity contribution in [1.82, 2.24) is 0 Å². The molecule has 1 fully saturated rings. The van der Waals surface area contributed by atoms with Gasteiger partial charge in [0.05, 0.1) is 26.4 Å². The maximum atomic E-state index is 4.94. The lowest BCUT2D eigenvalue weighted by Gasteiger charge is -2.09. The van der Waals surface area contributed by atoms with Crippen molar-refractivity contribution in [2.24, 2.45) is 0 Å². The Balaban J connectivity index is 0.000000202. The van der Waals surface area contributed by atoms with Crippen molar-refractivity contribution in [2.75, 3.05) is 26.4 Å². The molecule has 1 aliphatic heterocycles. The SMILES string of the molecule is C1COCCO1.C=CCCCC. The zero-order valence-corrected chi connectivity index (χ0v) is 8.05. The summed E-state index contributed by atoms with van der Waals surface area (Å²) in [7, 11) is 0. The molecule has 1 heterocycles. The van der Waals surface area contributed by atoms with Gasteiger partial charge in [-0.15, -0.1) is 6.58 Å². The van der Waals surface area contributed by atoms with Gasteiger partial charge in [-0.1, -0.05) is 25.8 Å². The Morgan fingerprint density at radius 2 is 1.67 bits per heavy atom. The van der Waals surface area contributed by atoms with E-state index in [0.717, 1.165) is 26.4 Å². The van der Waals surface area contributed by atoms with Crippen LogP contribution in [0.25, 0.3) is 0 Å². The van der Waals surface area contributed by atoms with E-state index < -0.39 is 0 Å². The van der Waals surface area contributed by atoms with Crippen LogP contribution in [0, 0.1) is 0 Å². The summed E-state index contributed by atoms with van der Waals surface area (Å²) in [5, 5.41) is 0. The van der Waals surface area contributed by atoms with Crippen LogP contribution < -0.4 is 0 Å². The summed E-state index contributed by atoms with van der Waals surface area (Å²) in [5.41, 5.74) is 0. The molecule has 0 aromatic heterocycles. The van der Waals surface area contributed by atoms with Crippen LogP contribution in [-0.2, 0) is 9.47 Å². The topological polar surface area (TPSA) is 18.5 Å². The highest BCUT2D eigenvalue weighted by Gasteiger charge is 1.94. The molecule has 0 amide bonds. The van der Waals surface area contributed by atoms with Gasteiger partial charge in [0.15, 0.2) is 0 Å². The second kappa shape index (κ2) is 10.7. The number of unbranched alkanes of at least 4 members (excludes halogenated alkanes) is 2. The minimum atomic E-state index is 0.778. The van der Waals surface area contributed by atoms with Gasteiger partial charge in [0.25, 0.3) is 0 Å². The molecule has 0 aromatic rings. The summed E-state index contributed by atoms with van der Waals surface area (Å²) in [6.45, 7) is 8.89. The van der Waals surface area contributed by atoms with Crippen molar-refractivity contribution in [2.45, 2.75) is 26.2 Å². The van der Waals surface area contributed by atoms with Crippen LogP contribution in [0.4, 0.5) is 0 Å². The van der Waals surface area contributed by atoms with Gasteiger partial charge in [-0.05, 0) is 6.42 Å². The van der Waals surface area contributed by atoms with Gasteiger partial charge in [0.2, 0.25) is 0 Å². The maximum Gasteiger partial charge on any atom is 0.0701 e. The quantitative estimate of drug-likeness (QED) is 0.480. The summed E-state index contributed by atoms with van der Waals surface area (Å²) in [4.78, 5) is 0. The van der Waals surface area contributed by atoms with Crippen molar-refractivity contribution in [3.8, 4) is 0 Å². The molecule has 12 heavy (non-hydrogen) atoms. The van der Waals surface area contributed by atoms with E-state index in [2.05, 4.69) is 13.5 Å². The summed E-state index contributed by atoms with van der Waals surface area (Å²) < 4.78 is 9.89. The maximum absolute atomic E-state index is 4.94. The molecule has 0 radical (unpaired) electrons. The average molecular weight is 172 g/mol. The fraction of sp³-hybridized carbons (Fsp3) is 0.800. The van der Waals surface area contributed by atoms with Crippen LogP contribution >= 0.6 is 0 Å². The molecule has 0 N–H and O–H groups in total. The monoisotopic (exact) mass is 172 g/mol. The minimum absolute atomic E-state index is 0.778. The number of ether oxygens (including phenoxy) is 2. The Kier molecular flexibility index (Phi) is 10.4. The van der Waals surface area contributed by atoms with Gasteiger partial charge in [-0.3, -0.25) is 0 Å². The summed E-state index contributed by atoms with van der Waals surface area (Å²) >= 11 is 0. The molecule has 0 unspecified atom stereocenters. The Morgan fingerprint density at radius 3 is 1.83 bits per heavy atom. The molecule has 1 aliphatic rings. The molecular weight excluding hydrogens is 152 g/mol. The first-order chi connectivity index (χ1) is 5.91. The fourth-order valence-electron chi connectivity index (χ4n) is 0.788. The van der Waals surface area contributed by atoms with Crippen molar-refractivity contribution >= 4 is 0 Å². The Labute approximate surface area is 75.6 Å². The third-order valence-corrected chi connectivity index (χ3v) is 1.51. The van der Waals surface area contributed by atoms with E-state index in [1.165, 1.54) is 19.3 Å². The van der Waals surface area contributed by atoms with Gasteiger partial charge < -0.3 is 9.47 Å². The predicted octanol–water partition coefficient (Wildman–Crippen LogP) is 2.40. The van der Waals surface area contributed by atoms with Gasteiger partial charge in [-0.25, -0.2) is 0 Å². The second-order valence-corrected chi connectivity index (χ2v) is 2.66. The fourth-order valence-corrected chi connectivity index (χ4v) is 0.788. The number of hydrogen-bond donors (Lipinski definition) is 0. The molecule has 0 bridgehead atoms. The zero-order valence-electron chi connectivity index (χ0n) is 8.05. The van der Waals surface area contributed by atoms with Crippen LogP contribution in [0.1, 0.15) is 26.2 Å². The minimum Gasteiger partial charge on any atom is -0.377 e. The molecule has 0 spiro atoms. The molecule has 1 saturated heterocycles. The third-order valence-electron chi connectivity index (χ3n) is 1.51. The summed E-state index contributed by atoms with van der Waals surface area (Å²) in [6.07, 6.45) is 5.72. The highest BCUT2D eigenvalue weighted by molar-refractivity contribution is 4.64. The van der Waals surface area contributed by atoms with Gasteiger partial charge in [0, 0.05) is 0 Å². The third kappa shape index (κ3) is 9.66. The Bertz CT molecular complexity index is 76.3. The van der Waals surface area contributed by atoms with Crippen LogP contribution in [0.2, 0.25) is 0 Å². The standard InChI is InChI=1S/C6H12.C4H8O2/c1-3-5-6-4-2;1-2-6-4-3-5-1/h3H,1,4-6H2,2H3;1-4H2. The van der Waals surface area contributed by atoms with Crippen LogP contribution in [0.3, 0.4) is 0 Å². The summed E-state index contributed by atoms with van der Waals surface area (Å²) in [6, 6.07) is 0. The molecule has 0 saturated carbocycles. The predicted molar refractivity (Wildman–Crippen MR) is 51.4 cm³/mol. The summed E-state index contributed by atoms with van der Waals surface area (Å²) in [5.74, 6) is 0. The number of rotatable bonds is 3. The highest BCUT2D eigenvalue weighted by Crippen LogP contribution is 1.91. The average Bonchev–Trinajstić information content (AvgIpc) is 2.18. The first-order valence-corrected chi connectivity index (χ1v) is 4.68. The van der Waals surface area contributed by atoms with E-state index in [-0.39, 0.29) is 0 Å². The van der Waals surface area contributed by atoms with Crippen LogP contribution in [-0.4, -0.2) is 26.4 Å². The van der Waals surface area contributed by atoms with Crippen molar-refractivity contribution in [1.29, 1.82) is 0 Å². The molecule has 2 nitrogen and oxygen atoms in total. The van der Waals surface area contributed by atoms with Crippen LogP contribution in [0.5, 0.6) is 0 Å². The zero-order chi connectivity index (χ0) is 9.07. The van der Waals surface area contributed by atoms with E-state index >= 15 is 0 Å². The van der Waals surface area contributed by atoms with Gasteiger partial charge in [0.1, 0.15) is 0 Å². The van der Waals surface area contributed by atoms with E-state index in [4.69, 9.17) is 9.47 Å². The van der Waals surface area contributed by atoms with Gasteiger partial charge in [-0.2, -0.15) is 0 Å².